The molecular weight excluding hydrogens is 190 g/mol. The molecular formula is C12H15NO2. The van der Waals surface area contributed by atoms with Crippen molar-refractivity contribution >= 4 is 5.97 Å². The van der Waals surface area contributed by atoms with Gasteiger partial charge < -0.3 is 4.74 Å². The van der Waals surface area contributed by atoms with E-state index in [1.165, 1.54) is 0 Å². The van der Waals surface area contributed by atoms with E-state index in [2.05, 4.69) is 12.6 Å². The monoisotopic (exact) mass is 205 g/mol. The first-order chi connectivity index (χ1) is 7.13. The molecule has 2 bridgehead atoms. The van der Waals surface area contributed by atoms with E-state index in [1.54, 1.807) is 6.92 Å². The van der Waals surface area contributed by atoms with Crippen LogP contribution in [0.3, 0.4) is 0 Å². The summed E-state index contributed by atoms with van der Waals surface area (Å²) in [5.41, 5.74) is 0.436. The van der Waals surface area contributed by atoms with Crippen LogP contribution in [0.25, 0.3) is 0 Å². The summed E-state index contributed by atoms with van der Waals surface area (Å²) in [6.07, 6.45) is 2.96. The smallest absolute Gasteiger partial charge is 0.333 e. The van der Waals surface area contributed by atoms with E-state index in [0.29, 0.717) is 11.5 Å². The molecule has 0 saturated heterocycles. The molecule has 0 aromatic rings. The molecule has 15 heavy (non-hydrogen) atoms. The number of hydrogen-bond donors (Lipinski definition) is 0. The Morgan fingerprint density at radius 3 is 2.80 bits per heavy atom. The number of nitriles is 1. The van der Waals surface area contributed by atoms with Crippen LogP contribution < -0.4 is 0 Å². The van der Waals surface area contributed by atoms with Gasteiger partial charge in [-0.05, 0) is 32.1 Å². The van der Waals surface area contributed by atoms with Gasteiger partial charge in [-0.1, -0.05) is 6.58 Å². The van der Waals surface area contributed by atoms with Gasteiger partial charge in [0, 0.05) is 11.5 Å². The van der Waals surface area contributed by atoms with Crippen molar-refractivity contribution in [2.24, 2.45) is 17.8 Å². The Labute approximate surface area is 89.7 Å². The van der Waals surface area contributed by atoms with Gasteiger partial charge in [-0.3, -0.25) is 0 Å². The van der Waals surface area contributed by atoms with Gasteiger partial charge in [0.25, 0.3) is 0 Å². The summed E-state index contributed by atoms with van der Waals surface area (Å²) in [7, 11) is 0. The number of ether oxygens (including phenoxy) is 1. The molecule has 3 heteroatoms. The van der Waals surface area contributed by atoms with Crippen molar-refractivity contribution in [3.8, 4) is 6.07 Å². The average Bonchev–Trinajstić information content (AvgIpc) is 2.73. The molecule has 80 valence electrons. The standard InChI is InChI=1S/C12H15NO2/c1-7(2)12(14)15-11-5-8-3-4-9(11)10(8)6-13/h8-11H,1,3-5H2,2H3. The SMILES string of the molecule is C=C(C)C(=O)OC1CC2CCC1C2C#N. The second-order valence-electron chi connectivity index (χ2n) is 4.62. The highest BCUT2D eigenvalue weighted by Gasteiger charge is 2.50. The molecule has 0 spiro atoms. The molecule has 3 nitrogen and oxygen atoms in total. The Hall–Kier alpha value is -1.30. The van der Waals surface area contributed by atoms with Crippen molar-refractivity contribution in [1.29, 1.82) is 5.26 Å². The Bertz CT molecular complexity index is 342. The molecule has 0 radical (unpaired) electrons. The molecule has 4 atom stereocenters. The number of nitrogens with zero attached hydrogens (tertiary/aromatic N) is 1. The highest BCUT2D eigenvalue weighted by atomic mass is 16.5. The van der Waals surface area contributed by atoms with E-state index < -0.39 is 0 Å². The molecule has 2 fully saturated rings. The first kappa shape index (κ1) is 10.2. The first-order valence-corrected chi connectivity index (χ1v) is 5.39. The Kier molecular flexibility index (Phi) is 2.52. The summed E-state index contributed by atoms with van der Waals surface area (Å²) in [6.45, 7) is 5.21. The fourth-order valence-electron chi connectivity index (χ4n) is 2.84. The van der Waals surface area contributed by atoms with Crippen molar-refractivity contribution in [2.75, 3.05) is 0 Å². The molecule has 0 aromatic carbocycles. The average molecular weight is 205 g/mol. The Morgan fingerprint density at radius 2 is 2.27 bits per heavy atom. The van der Waals surface area contributed by atoms with Gasteiger partial charge in [0.05, 0.1) is 12.0 Å². The second-order valence-corrected chi connectivity index (χ2v) is 4.62. The highest BCUT2D eigenvalue weighted by molar-refractivity contribution is 5.87. The topological polar surface area (TPSA) is 50.1 Å². The molecule has 0 aromatic heterocycles. The number of esters is 1. The lowest BCUT2D eigenvalue weighted by Crippen LogP contribution is -2.25. The molecule has 0 amide bonds. The molecule has 2 saturated carbocycles. The third-order valence-electron chi connectivity index (χ3n) is 3.61. The van der Waals surface area contributed by atoms with Crippen LogP contribution in [-0.4, -0.2) is 12.1 Å². The summed E-state index contributed by atoms with van der Waals surface area (Å²) in [6, 6.07) is 2.34. The molecule has 2 aliphatic carbocycles. The Balaban J connectivity index is 2.01. The van der Waals surface area contributed by atoms with Gasteiger partial charge >= 0.3 is 5.97 Å². The molecule has 0 aliphatic heterocycles. The van der Waals surface area contributed by atoms with E-state index in [-0.39, 0.29) is 23.9 Å². The number of fused-ring (bicyclic) bond motifs is 2. The van der Waals surface area contributed by atoms with Crippen LogP contribution in [0.4, 0.5) is 0 Å². The van der Waals surface area contributed by atoms with Gasteiger partial charge in [0.1, 0.15) is 6.10 Å². The van der Waals surface area contributed by atoms with Gasteiger partial charge in [0.15, 0.2) is 0 Å². The summed E-state index contributed by atoms with van der Waals surface area (Å²) in [5, 5.41) is 9.00. The van der Waals surface area contributed by atoms with Crippen LogP contribution in [0.2, 0.25) is 0 Å². The first-order valence-electron chi connectivity index (χ1n) is 5.39. The van der Waals surface area contributed by atoms with E-state index in [9.17, 15) is 4.79 Å². The molecule has 4 unspecified atom stereocenters. The fraction of sp³-hybridized carbons (Fsp3) is 0.667. The van der Waals surface area contributed by atoms with Gasteiger partial charge in [-0.15, -0.1) is 0 Å². The lowest BCUT2D eigenvalue weighted by Gasteiger charge is -2.21. The number of carbonyl (C=O) groups is 1. The zero-order valence-corrected chi connectivity index (χ0v) is 8.90. The maximum absolute atomic E-state index is 11.4. The van der Waals surface area contributed by atoms with Crippen LogP contribution >= 0.6 is 0 Å². The van der Waals surface area contributed by atoms with E-state index >= 15 is 0 Å². The van der Waals surface area contributed by atoms with Gasteiger partial charge in [-0.2, -0.15) is 5.26 Å². The normalized spacial score (nSPS) is 37.3. The van der Waals surface area contributed by atoms with E-state index in [4.69, 9.17) is 10.00 Å². The third kappa shape index (κ3) is 1.65. The lowest BCUT2D eigenvalue weighted by molar-refractivity contribution is -0.146. The van der Waals surface area contributed by atoms with Crippen LogP contribution in [0.1, 0.15) is 26.2 Å². The van der Waals surface area contributed by atoms with Crippen molar-refractivity contribution in [1.82, 2.24) is 0 Å². The van der Waals surface area contributed by atoms with Crippen molar-refractivity contribution < 1.29 is 9.53 Å². The maximum Gasteiger partial charge on any atom is 0.333 e. The molecule has 2 aliphatic rings. The van der Waals surface area contributed by atoms with Crippen LogP contribution in [0.5, 0.6) is 0 Å². The summed E-state index contributed by atoms with van der Waals surface area (Å²) >= 11 is 0. The van der Waals surface area contributed by atoms with Gasteiger partial charge in [0.2, 0.25) is 0 Å². The van der Waals surface area contributed by atoms with Gasteiger partial charge in [-0.25, -0.2) is 4.79 Å². The number of rotatable bonds is 2. The molecule has 2 rings (SSSR count). The lowest BCUT2D eigenvalue weighted by atomic mass is 9.97. The molecule has 0 heterocycles. The third-order valence-corrected chi connectivity index (χ3v) is 3.61. The quantitative estimate of drug-likeness (QED) is 0.512. The van der Waals surface area contributed by atoms with E-state index in [0.717, 1.165) is 19.3 Å². The van der Waals surface area contributed by atoms with Crippen LogP contribution in [0, 0.1) is 29.1 Å². The summed E-state index contributed by atoms with van der Waals surface area (Å²) < 4.78 is 5.35. The Morgan fingerprint density at radius 1 is 1.53 bits per heavy atom. The van der Waals surface area contributed by atoms with Crippen molar-refractivity contribution in [2.45, 2.75) is 32.3 Å². The minimum atomic E-state index is -0.316. The van der Waals surface area contributed by atoms with Crippen LogP contribution in [-0.2, 0) is 9.53 Å². The summed E-state index contributed by atoms with van der Waals surface area (Å²) in [5.74, 6) is 0.503. The number of carbonyl (C=O) groups excluding carboxylic acids is 1. The van der Waals surface area contributed by atoms with E-state index in [1.807, 2.05) is 0 Å². The minimum Gasteiger partial charge on any atom is -0.459 e. The minimum absolute atomic E-state index is 0.0439. The fourth-order valence-corrected chi connectivity index (χ4v) is 2.84. The zero-order valence-electron chi connectivity index (χ0n) is 8.90. The number of hydrogen-bond acceptors (Lipinski definition) is 3. The predicted molar refractivity (Wildman–Crippen MR) is 54.6 cm³/mol. The second kappa shape index (κ2) is 3.69. The van der Waals surface area contributed by atoms with Crippen molar-refractivity contribution in [3.05, 3.63) is 12.2 Å². The molecule has 0 N–H and O–H groups in total. The largest absolute Gasteiger partial charge is 0.459 e. The predicted octanol–water partition coefficient (Wildman–Crippen LogP) is 2.04. The van der Waals surface area contributed by atoms with Crippen LogP contribution in [0.15, 0.2) is 12.2 Å². The maximum atomic E-state index is 11.4. The zero-order chi connectivity index (χ0) is 11.0. The summed E-state index contributed by atoms with van der Waals surface area (Å²) in [4.78, 5) is 11.4. The van der Waals surface area contributed by atoms with Crippen molar-refractivity contribution in [3.63, 3.8) is 0 Å². The highest BCUT2D eigenvalue weighted by Crippen LogP contribution is 2.50.